The second kappa shape index (κ2) is 8.06. The quantitative estimate of drug-likeness (QED) is 0.498. The van der Waals surface area contributed by atoms with Crippen molar-refractivity contribution in [1.82, 2.24) is 15.0 Å². The second-order valence-corrected chi connectivity index (χ2v) is 6.97. The predicted molar refractivity (Wildman–Crippen MR) is 116 cm³/mol. The highest BCUT2D eigenvalue weighted by molar-refractivity contribution is 6.07. The van der Waals surface area contributed by atoms with Gasteiger partial charge in [0.15, 0.2) is 0 Å². The first-order chi connectivity index (χ1) is 14.1. The van der Waals surface area contributed by atoms with E-state index in [0.29, 0.717) is 17.6 Å². The molecule has 0 aliphatic rings. The topological polar surface area (TPSA) is 79.8 Å². The molecule has 2 aromatic carbocycles. The molecule has 29 heavy (non-hydrogen) atoms. The Morgan fingerprint density at radius 2 is 1.66 bits per heavy atom. The van der Waals surface area contributed by atoms with E-state index in [-0.39, 0.29) is 11.6 Å². The molecule has 2 aromatic heterocycles. The molecule has 0 bridgehead atoms. The van der Waals surface area contributed by atoms with Crippen LogP contribution in [0.5, 0.6) is 0 Å². The summed E-state index contributed by atoms with van der Waals surface area (Å²) >= 11 is 0. The Morgan fingerprint density at radius 1 is 0.862 bits per heavy atom. The lowest BCUT2D eigenvalue weighted by Gasteiger charge is -2.14. The summed E-state index contributed by atoms with van der Waals surface area (Å²) in [5, 5.41) is 7.09. The molecule has 2 heterocycles. The molecule has 144 valence electrons. The average molecular weight is 383 g/mol. The minimum Gasteiger partial charge on any atom is -0.324 e. The summed E-state index contributed by atoms with van der Waals surface area (Å²) in [6.45, 7) is 4.26. The summed E-state index contributed by atoms with van der Waals surface area (Å²) < 4.78 is 0. The number of hydrogen-bond acceptors (Lipinski definition) is 5. The number of nitrogens with zero attached hydrogens (tertiary/aromatic N) is 3. The summed E-state index contributed by atoms with van der Waals surface area (Å²) in [5.41, 5.74) is 3.75. The van der Waals surface area contributed by atoms with Gasteiger partial charge in [-0.25, -0.2) is 9.97 Å². The molecule has 0 saturated heterocycles. The number of anilines is 3. The molecule has 4 rings (SSSR count). The largest absolute Gasteiger partial charge is 0.324 e. The van der Waals surface area contributed by atoms with Crippen molar-refractivity contribution in [2.24, 2.45) is 0 Å². The summed E-state index contributed by atoms with van der Waals surface area (Å²) in [5.74, 6) is 0.414. The standard InChI is InChI=1S/C23H21N5O/c1-15(2)17-9-3-4-10-18(17)27-23-25-14-12-20(28-23)22(29)26-19-11-5-7-16-8-6-13-24-21(16)19/h3-15H,1-2H3,(H,26,29)(H,25,27,28). The van der Waals surface area contributed by atoms with Crippen molar-refractivity contribution in [2.45, 2.75) is 19.8 Å². The van der Waals surface area contributed by atoms with E-state index >= 15 is 0 Å². The Hall–Kier alpha value is -3.80. The number of carbonyl (C=O) groups is 1. The fourth-order valence-electron chi connectivity index (χ4n) is 3.17. The molecule has 0 fully saturated rings. The minimum absolute atomic E-state index is 0.275. The highest BCUT2D eigenvalue weighted by Crippen LogP contribution is 2.26. The summed E-state index contributed by atoms with van der Waals surface area (Å²) in [6, 6.07) is 19.1. The van der Waals surface area contributed by atoms with E-state index in [2.05, 4.69) is 45.5 Å². The fraction of sp³-hybridized carbons (Fsp3) is 0.130. The van der Waals surface area contributed by atoms with Crippen molar-refractivity contribution >= 4 is 34.1 Å². The van der Waals surface area contributed by atoms with E-state index in [9.17, 15) is 4.79 Å². The van der Waals surface area contributed by atoms with Gasteiger partial charge in [-0.2, -0.15) is 0 Å². The van der Waals surface area contributed by atoms with Crippen LogP contribution in [-0.2, 0) is 0 Å². The first kappa shape index (κ1) is 18.6. The fourth-order valence-corrected chi connectivity index (χ4v) is 3.17. The number of para-hydroxylation sites is 2. The first-order valence-corrected chi connectivity index (χ1v) is 9.46. The molecule has 0 saturated carbocycles. The van der Waals surface area contributed by atoms with Crippen LogP contribution in [0, 0.1) is 0 Å². The van der Waals surface area contributed by atoms with Crippen molar-refractivity contribution in [3.63, 3.8) is 0 Å². The van der Waals surface area contributed by atoms with Crippen LogP contribution in [0.15, 0.2) is 73.1 Å². The number of benzene rings is 2. The van der Waals surface area contributed by atoms with Gasteiger partial charge in [-0.3, -0.25) is 9.78 Å². The van der Waals surface area contributed by atoms with Gasteiger partial charge in [-0.1, -0.05) is 50.2 Å². The summed E-state index contributed by atoms with van der Waals surface area (Å²) in [6.07, 6.45) is 3.28. The molecule has 0 atom stereocenters. The van der Waals surface area contributed by atoms with Crippen LogP contribution >= 0.6 is 0 Å². The highest BCUT2D eigenvalue weighted by Gasteiger charge is 2.13. The molecular weight excluding hydrogens is 362 g/mol. The van der Waals surface area contributed by atoms with Crippen LogP contribution in [0.3, 0.4) is 0 Å². The number of fused-ring (bicyclic) bond motifs is 1. The van der Waals surface area contributed by atoms with E-state index in [4.69, 9.17) is 0 Å². The van der Waals surface area contributed by atoms with E-state index in [1.54, 1.807) is 18.5 Å². The third-order valence-electron chi connectivity index (χ3n) is 4.60. The van der Waals surface area contributed by atoms with E-state index in [0.717, 1.165) is 22.2 Å². The summed E-state index contributed by atoms with van der Waals surface area (Å²) in [7, 11) is 0. The Balaban J connectivity index is 1.58. The molecule has 0 spiro atoms. The highest BCUT2D eigenvalue weighted by atomic mass is 16.1. The number of pyridine rings is 1. The zero-order chi connectivity index (χ0) is 20.2. The average Bonchev–Trinajstić information content (AvgIpc) is 2.74. The van der Waals surface area contributed by atoms with E-state index in [1.165, 1.54) is 0 Å². The first-order valence-electron chi connectivity index (χ1n) is 9.46. The molecule has 4 aromatic rings. The Labute approximate surface area is 169 Å². The zero-order valence-electron chi connectivity index (χ0n) is 16.3. The van der Waals surface area contributed by atoms with Crippen LogP contribution in [0.2, 0.25) is 0 Å². The van der Waals surface area contributed by atoms with Gasteiger partial charge in [0.1, 0.15) is 5.69 Å². The lowest BCUT2D eigenvalue weighted by Crippen LogP contribution is -2.15. The number of amides is 1. The van der Waals surface area contributed by atoms with Crippen LogP contribution in [0.25, 0.3) is 10.9 Å². The Kier molecular flexibility index (Phi) is 5.16. The van der Waals surface area contributed by atoms with Gasteiger partial charge in [0.05, 0.1) is 11.2 Å². The number of hydrogen-bond donors (Lipinski definition) is 2. The molecule has 0 unspecified atom stereocenters. The molecule has 0 aliphatic heterocycles. The van der Waals surface area contributed by atoms with Crippen LogP contribution in [0.4, 0.5) is 17.3 Å². The van der Waals surface area contributed by atoms with E-state index < -0.39 is 0 Å². The molecule has 6 heteroatoms. The van der Waals surface area contributed by atoms with Gasteiger partial charge in [0.2, 0.25) is 5.95 Å². The minimum atomic E-state index is -0.314. The van der Waals surface area contributed by atoms with Crippen molar-refractivity contribution in [2.75, 3.05) is 10.6 Å². The molecule has 1 amide bonds. The zero-order valence-corrected chi connectivity index (χ0v) is 16.3. The second-order valence-electron chi connectivity index (χ2n) is 6.97. The van der Waals surface area contributed by atoms with Gasteiger partial charge in [0, 0.05) is 23.5 Å². The van der Waals surface area contributed by atoms with Gasteiger partial charge >= 0.3 is 0 Å². The van der Waals surface area contributed by atoms with Crippen LogP contribution < -0.4 is 10.6 Å². The van der Waals surface area contributed by atoms with Gasteiger partial charge in [0.25, 0.3) is 5.91 Å². The van der Waals surface area contributed by atoms with Crippen molar-refractivity contribution in [3.8, 4) is 0 Å². The van der Waals surface area contributed by atoms with Gasteiger partial charge < -0.3 is 10.6 Å². The number of carbonyl (C=O) groups excluding carboxylic acids is 1. The number of rotatable bonds is 5. The molecule has 0 aliphatic carbocycles. The summed E-state index contributed by atoms with van der Waals surface area (Å²) in [4.78, 5) is 25.8. The molecular formula is C23H21N5O. The lowest BCUT2D eigenvalue weighted by atomic mass is 10.0. The van der Waals surface area contributed by atoms with E-state index in [1.807, 2.05) is 48.5 Å². The molecule has 0 radical (unpaired) electrons. The maximum atomic E-state index is 12.8. The van der Waals surface area contributed by atoms with Crippen LogP contribution in [-0.4, -0.2) is 20.9 Å². The number of nitrogens with one attached hydrogen (secondary N) is 2. The third kappa shape index (κ3) is 4.06. The monoisotopic (exact) mass is 383 g/mol. The van der Waals surface area contributed by atoms with Crippen molar-refractivity contribution in [3.05, 3.63) is 84.3 Å². The van der Waals surface area contributed by atoms with Crippen LogP contribution in [0.1, 0.15) is 35.8 Å². The van der Waals surface area contributed by atoms with Crippen molar-refractivity contribution < 1.29 is 4.79 Å². The lowest BCUT2D eigenvalue weighted by molar-refractivity contribution is 0.102. The van der Waals surface area contributed by atoms with Crippen molar-refractivity contribution in [1.29, 1.82) is 0 Å². The van der Waals surface area contributed by atoms with Gasteiger partial charge in [-0.05, 0) is 35.7 Å². The smallest absolute Gasteiger partial charge is 0.274 e. The predicted octanol–water partition coefficient (Wildman–Crippen LogP) is 5.14. The number of aromatic nitrogens is 3. The van der Waals surface area contributed by atoms with Gasteiger partial charge in [-0.15, -0.1) is 0 Å². The SMILES string of the molecule is CC(C)c1ccccc1Nc1nccc(C(=O)Nc2cccc3cccnc23)n1. The maximum absolute atomic E-state index is 12.8. The maximum Gasteiger partial charge on any atom is 0.274 e. The molecule has 2 N–H and O–H groups in total. The normalized spacial score (nSPS) is 10.9. The Morgan fingerprint density at radius 3 is 2.52 bits per heavy atom. The molecule has 6 nitrogen and oxygen atoms in total. The third-order valence-corrected chi connectivity index (χ3v) is 4.60. The Bertz CT molecular complexity index is 1170.